The third-order valence-electron chi connectivity index (χ3n) is 3.50. The van der Waals surface area contributed by atoms with E-state index >= 15 is 0 Å². The van der Waals surface area contributed by atoms with Crippen LogP contribution in [0.4, 0.5) is 0 Å². The van der Waals surface area contributed by atoms with Crippen molar-refractivity contribution >= 4 is 23.5 Å². The van der Waals surface area contributed by atoms with Gasteiger partial charge in [-0.05, 0) is 43.9 Å². The first-order valence-corrected chi connectivity index (χ1v) is 8.87. The number of halogens is 1. The van der Waals surface area contributed by atoms with E-state index in [0.717, 1.165) is 56.3 Å². The second-order valence-corrected chi connectivity index (χ2v) is 5.89. The van der Waals surface area contributed by atoms with Crippen LogP contribution in [0.3, 0.4) is 0 Å². The number of nitrogens with one attached hydrogen (secondary N) is 2. The number of ether oxygens (including phenoxy) is 1. The Morgan fingerprint density at radius 3 is 2.58 bits per heavy atom. The third-order valence-corrected chi connectivity index (χ3v) is 3.75. The van der Waals surface area contributed by atoms with E-state index in [4.69, 9.17) is 11.6 Å². The van der Waals surface area contributed by atoms with Crippen LogP contribution in [-0.4, -0.2) is 38.7 Å². The number of rotatable bonds is 10. The van der Waals surface area contributed by atoms with Crippen LogP contribution in [0.15, 0.2) is 29.3 Å². The minimum Gasteiger partial charge on any atom is -0.469 e. The molecular weight excluding hydrogens is 326 g/mol. The number of benzene rings is 1. The minimum absolute atomic E-state index is 0.143. The molecule has 1 aromatic rings. The van der Waals surface area contributed by atoms with Gasteiger partial charge in [0.15, 0.2) is 5.96 Å². The third kappa shape index (κ3) is 9.40. The highest BCUT2D eigenvalue weighted by Crippen LogP contribution is 2.09. The quantitative estimate of drug-likeness (QED) is 0.293. The molecule has 0 saturated carbocycles. The predicted molar refractivity (Wildman–Crippen MR) is 99.6 cm³/mol. The van der Waals surface area contributed by atoms with E-state index in [-0.39, 0.29) is 5.97 Å². The number of carbonyl (C=O) groups excluding carboxylic acids is 1. The summed E-state index contributed by atoms with van der Waals surface area (Å²) in [6.45, 7) is 4.44. The fourth-order valence-corrected chi connectivity index (χ4v) is 2.29. The van der Waals surface area contributed by atoms with Crippen molar-refractivity contribution in [3.8, 4) is 0 Å². The fraction of sp³-hybridized carbons (Fsp3) is 0.556. The summed E-state index contributed by atoms with van der Waals surface area (Å²) in [6, 6.07) is 7.89. The monoisotopic (exact) mass is 353 g/mol. The van der Waals surface area contributed by atoms with Crippen molar-refractivity contribution < 1.29 is 9.53 Å². The maximum absolute atomic E-state index is 11.0. The lowest BCUT2D eigenvalue weighted by Gasteiger charge is -2.11. The largest absolute Gasteiger partial charge is 0.469 e. The van der Waals surface area contributed by atoms with Crippen molar-refractivity contribution in [1.29, 1.82) is 0 Å². The van der Waals surface area contributed by atoms with Gasteiger partial charge in [0.1, 0.15) is 0 Å². The molecule has 0 aromatic heterocycles. The first-order chi connectivity index (χ1) is 11.7. The molecule has 0 bridgehead atoms. The highest BCUT2D eigenvalue weighted by Gasteiger charge is 2.00. The molecule has 5 nitrogen and oxygen atoms in total. The molecule has 0 amide bonds. The average Bonchev–Trinajstić information content (AvgIpc) is 2.59. The number of esters is 1. The summed E-state index contributed by atoms with van der Waals surface area (Å²) in [5, 5.41) is 7.33. The molecule has 1 aromatic carbocycles. The summed E-state index contributed by atoms with van der Waals surface area (Å²) in [5.41, 5.74) is 1.24. The van der Waals surface area contributed by atoms with Crippen molar-refractivity contribution in [2.24, 2.45) is 4.99 Å². The van der Waals surface area contributed by atoms with Gasteiger partial charge in [-0.3, -0.25) is 9.79 Å². The molecule has 6 heteroatoms. The van der Waals surface area contributed by atoms with Crippen molar-refractivity contribution in [3.63, 3.8) is 0 Å². The van der Waals surface area contributed by atoms with Gasteiger partial charge in [-0.15, -0.1) is 0 Å². The number of guanidine groups is 1. The molecule has 0 spiro atoms. The number of carbonyl (C=O) groups is 1. The van der Waals surface area contributed by atoms with Crippen LogP contribution in [0.2, 0.25) is 5.02 Å². The van der Waals surface area contributed by atoms with Gasteiger partial charge in [0, 0.05) is 31.1 Å². The molecule has 0 unspecified atom stereocenters. The molecule has 24 heavy (non-hydrogen) atoms. The van der Waals surface area contributed by atoms with E-state index in [9.17, 15) is 4.79 Å². The zero-order chi connectivity index (χ0) is 17.6. The molecule has 0 aliphatic heterocycles. The van der Waals surface area contributed by atoms with Crippen LogP contribution >= 0.6 is 11.6 Å². The summed E-state index contributed by atoms with van der Waals surface area (Å²) < 4.78 is 4.62. The Morgan fingerprint density at radius 1 is 1.17 bits per heavy atom. The SMILES string of the molecule is CCNC(=NCCCCCC(=O)OC)NCCc1ccc(Cl)cc1. The number of nitrogens with zero attached hydrogens (tertiary/aromatic N) is 1. The first-order valence-electron chi connectivity index (χ1n) is 8.49. The van der Waals surface area contributed by atoms with Gasteiger partial charge in [0.05, 0.1) is 7.11 Å². The second kappa shape index (κ2) is 12.6. The number of aliphatic imine (C=N–C) groups is 1. The normalized spacial score (nSPS) is 11.2. The van der Waals surface area contributed by atoms with Crippen LogP contribution in [0.5, 0.6) is 0 Å². The summed E-state index contributed by atoms with van der Waals surface area (Å²) >= 11 is 5.89. The molecular formula is C18H28ClN3O2. The Morgan fingerprint density at radius 2 is 1.92 bits per heavy atom. The lowest BCUT2D eigenvalue weighted by molar-refractivity contribution is -0.140. The zero-order valence-electron chi connectivity index (χ0n) is 14.6. The van der Waals surface area contributed by atoms with Gasteiger partial charge < -0.3 is 15.4 Å². The maximum Gasteiger partial charge on any atom is 0.305 e. The number of unbranched alkanes of at least 4 members (excludes halogenated alkanes) is 2. The highest BCUT2D eigenvalue weighted by atomic mass is 35.5. The van der Waals surface area contributed by atoms with Gasteiger partial charge in [0.25, 0.3) is 0 Å². The standard InChI is InChI=1S/C18H28ClN3O2/c1-3-20-18(21-13-6-4-5-7-17(23)24-2)22-14-12-15-8-10-16(19)11-9-15/h8-11H,3-7,12-14H2,1-2H3,(H2,20,21,22). The Bertz CT molecular complexity index is 503. The van der Waals surface area contributed by atoms with Crippen LogP contribution < -0.4 is 10.6 Å². The van der Waals surface area contributed by atoms with Crippen LogP contribution in [0.1, 0.15) is 38.2 Å². The molecule has 0 heterocycles. The van der Waals surface area contributed by atoms with E-state index in [1.54, 1.807) is 0 Å². The Labute approximate surface area is 149 Å². The van der Waals surface area contributed by atoms with Crippen molar-refractivity contribution in [2.45, 2.75) is 39.0 Å². The summed E-state index contributed by atoms with van der Waals surface area (Å²) in [5.74, 6) is 0.690. The van der Waals surface area contributed by atoms with E-state index in [2.05, 4.69) is 20.4 Å². The number of methoxy groups -OCH3 is 1. The topological polar surface area (TPSA) is 62.7 Å². The smallest absolute Gasteiger partial charge is 0.305 e. The Kier molecular flexibility index (Phi) is 10.7. The first kappa shape index (κ1) is 20.3. The molecule has 0 aliphatic carbocycles. The fourth-order valence-electron chi connectivity index (χ4n) is 2.17. The van der Waals surface area contributed by atoms with Gasteiger partial charge in [-0.2, -0.15) is 0 Å². The second-order valence-electron chi connectivity index (χ2n) is 5.45. The van der Waals surface area contributed by atoms with Crippen molar-refractivity contribution in [1.82, 2.24) is 10.6 Å². The van der Waals surface area contributed by atoms with Crippen LogP contribution in [-0.2, 0) is 16.0 Å². The van der Waals surface area contributed by atoms with Gasteiger partial charge in [0.2, 0.25) is 0 Å². The lowest BCUT2D eigenvalue weighted by atomic mass is 10.1. The predicted octanol–water partition coefficient (Wildman–Crippen LogP) is 3.17. The molecule has 0 saturated heterocycles. The minimum atomic E-state index is -0.143. The molecule has 134 valence electrons. The van der Waals surface area contributed by atoms with E-state index in [1.165, 1.54) is 12.7 Å². The molecule has 0 aliphatic rings. The zero-order valence-corrected chi connectivity index (χ0v) is 15.4. The average molecular weight is 354 g/mol. The summed E-state index contributed by atoms with van der Waals surface area (Å²) in [4.78, 5) is 15.6. The summed E-state index contributed by atoms with van der Waals surface area (Å²) in [6.07, 6.45) is 4.19. The maximum atomic E-state index is 11.0. The van der Waals surface area contributed by atoms with Crippen LogP contribution in [0.25, 0.3) is 0 Å². The summed E-state index contributed by atoms with van der Waals surface area (Å²) in [7, 11) is 1.42. The molecule has 2 N–H and O–H groups in total. The Hall–Kier alpha value is -1.75. The van der Waals surface area contributed by atoms with E-state index in [1.807, 2.05) is 31.2 Å². The number of hydrogen-bond donors (Lipinski definition) is 2. The molecule has 0 radical (unpaired) electrons. The lowest BCUT2D eigenvalue weighted by Crippen LogP contribution is -2.38. The van der Waals surface area contributed by atoms with Crippen molar-refractivity contribution in [3.05, 3.63) is 34.9 Å². The van der Waals surface area contributed by atoms with Gasteiger partial charge in [-0.1, -0.05) is 30.2 Å². The van der Waals surface area contributed by atoms with E-state index in [0.29, 0.717) is 6.42 Å². The van der Waals surface area contributed by atoms with Gasteiger partial charge in [-0.25, -0.2) is 0 Å². The van der Waals surface area contributed by atoms with Crippen molar-refractivity contribution in [2.75, 3.05) is 26.7 Å². The molecule has 0 fully saturated rings. The molecule has 1 rings (SSSR count). The van der Waals surface area contributed by atoms with Gasteiger partial charge >= 0.3 is 5.97 Å². The molecule has 0 atom stereocenters. The Balaban J connectivity index is 2.24. The van der Waals surface area contributed by atoms with E-state index < -0.39 is 0 Å². The highest BCUT2D eigenvalue weighted by molar-refractivity contribution is 6.30. The number of hydrogen-bond acceptors (Lipinski definition) is 3. The van der Waals surface area contributed by atoms with Crippen LogP contribution in [0, 0.1) is 0 Å².